The minimum atomic E-state index is -0.446. The predicted molar refractivity (Wildman–Crippen MR) is 151 cm³/mol. The number of benzene rings is 3. The van der Waals surface area contributed by atoms with Gasteiger partial charge in [-0.2, -0.15) is 11.4 Å². The molecule has 3 heteroatoms. The topological polar surface area (TPSA) is 0 Å². The molecule has 2 aliphatic rings. The van der Waals surface area contributed by atoms with Crippen LogP contribution in [0.1, 0.15) is 6.92 Å². The largest absolute Gasteiger partial charge is 2.00 e. The van der Waals surface area contributed by atoms with Crippen molar-refractivity contribution in [3.8, 4) is 0 Å². The Morgan fingerprint density at radius 1 is 0.600 bits per heavy atom. The summed E-state index contributed by atoms with van der Waals surface area (Å²) in [6, 6.07) is 36.2. The number of thiophene rings is 1. The van der Waals surface area contributed by atoms with Crippen LogP contribution in [0.25, 0.3) is 0 Å². The monoisotopic (exact) mass is 532 g/mol. The molecule has 175 valence electrons. The van der Waals surface area contributed by atoms with Gasteiger partial charge in [-0.05, 0) is 42.6 Å². The second-order valence-corrected chi connectivity index (χ2v) is 10.7. The molecule has 0 N–H and O–H groups in total. The molecule has 1 aromatic heterocycles. The fourth-order valence-corrected chi connectivity index (χ4v) is 6.38. The average molecular weight is 533 g/mol. The molecule has 35 heavy (non-hydrogen) atoms. The van der Waals surface area contributed by atoms with E-state index in [4.69, 9.17) is 0 Å². The number of hydrogen-bond acceptors (Lipinski definition) is 1. The molecule has 0 spiro atoms. The number of allylic oxidation sites excluding steroid dienone is 4. The van der Waals surface area contributed by atoms with Crippen LogP contribution in [0.2, 0.25) is 0 Å². The van der Waals surface area contributed by atoms with Crippen LogP contribution in [0.15, 0.2) is 133 Å². The Bertz CT molecular complexity index is 993. The molecule has 3 aromatic carbocycles. The van der Waals surface area contributed by atoms with Gasteiger partial charge in [0.25, 0.3) is 0 Å². The molecule has 0 atom stereocenters. The average Bonchev–Trinajstić information content (AvgIpc) is 3.59. The van der Waals surface area contributed by atoms with Crippen molar-refractivity contribution >= 4 is 35.2 Å². The normalized spacial score (nSPS) is 14.8. The van der Waals surface area contributed by atoms with Gasteiger partial charge in [-0.1, -0.05) is 122 Å². The Labute approximate surface area is 226 Å². The maximum Gasteiger partial charge on any atom is 2.00 e. The van der Waals surface area contributed by atoms with Gasteiger partial charge in [0.15, 0.2) is 0 Å². The number of rotatable bonds is 3. The zero-order valence-electron chi connectivity index (χ0n) is 19.5. The molecule has 2 aliphatic carbocycles. The third kappa shape index (κ3) is 8.43. The van der Waals surface area contributed by atoms with Gasteiger partial charge in [0, 0.05) is 11.8 Å². The van der Waals surface area contributed by atoms with Crippen LogP contribution >= 0.6 is 19.3 Å². The molecular weight excluding hydrogens is 506 g/mol. The van der Waals surface area contributed by atoms with E-state index in [1.54, 1.807) is 11.3 Å². The van der Waals surface area contributed by atoms with E-state index in [9.17, 15) is 0 Å². The van der Waals surface area contributed by atoms with Crippen LogP contribution in [0.3, 0.4) is 0 Å². The molecule has 0 nitrogen and oxygen atoms in total. The van der Waals surface area contributed by atoms with E-state index in [0.29, 0.717) is 0 Å². The van der Waals surface area contributed by atoms with Crippen molar-refractivity contribution in [1.29, 1.82) is 0 Å². The molecule has 0 aliphatic heterocycles. The van der Waals surface area contributed by atoms with Gasteiger partial charge in [0.05, 0.1) is 0 Å². The van der Waals surface area contributed by atoms with E-state index in [-0.39, 0.29) is 16.5 Å². The van der Waals surface area contributed by atoms with Crippen LogP contribution in [-0.2, 0) is 16.5 Å². The van der Waals surface area contributed by atoms with E-state index in [1.165, 1.54) is 33.7 Å². The Balaban J connectivity index is 0.000000178. The van der Waals surface area contributed by atoms with Crippen LogP contribution in [0, 0.1) is 36.0 Å². The Hall–Kier alpha value is -2.24. The van der Waals surface area contributed by atoms with Gasteiger partial charge in [-0.25, -0.2) is 6.07 Å². The SMILES string of the molecule is C[C]1[CH][C]2C=CC=C[C]2[CH]1.[Ni+2].[c-]1cccs1.c1ccc(P(c2ccccc2)c2ccccc2)cc1. The molecule has 0 saturated heterocycles. The van der Waals surface area contributed by atoms with Crippen molar-refractivity contribution in [2.24, 2.45) is 0 Å². The maximum absolute atomic E-state index is 2.90. The maximum atomic E-state index is 2.90. The quantitative estimate of drug-likeness (QED) is 0.148. The molecule has 6 rings (SSSR count). The smallest absolute Gasteiger partial charge is 0.304 e. The van der Waals surface area contributed by atoms with Gasteiger partial charge in [0.1, 0.15) is 0 Å². The summed E-state index contributed by atoms with van der Waals surface area (Å²) < 4.78 is 0. The number of fused-ring (bicyclic) bond motifs is 1. The van der Waals surface area contributed by atoms with E-state index in [1.807, 2.05) is 17.5 Å². The van der Waals surface area contributed by atoms with Crippen molar-refractivity contribution in [1.82, 2.24) is 0 Å². The van der Waals surface area contributed by atoms with E-state index < -0.39 is 7.92 Å². The number of hydrogen-bond donors (Lipinski definition) is 0. The molecule has 4 aromatic rings. The van der Waals surface area contributed by atoms with Crippen LogP contribution in [0.5, 0.6) is 0 Å². The van der Waals surface area contributed by atoms with Crippen molar-refractivity contribution in [2.75, 3.05) is 0 Å². The van der Waals surface area contributed by atoms with Gasteiger partial charge >= 0.3 is 16.5 Å². The van der Waals surface area contributed by atoms with Gasteiger partial charge in [-0.3, -0.25) is 0 Å². The van der Waals surface area contributed by atoms with E-state index >= 15 is 0 Å². The summed E-state index contributed by atoms with van der Waals surface area (Å²) in [6.07, 6.45) is 12.8. The van der Waals surface area contributed by atoms with E-state index in [0.717, 1.165) is 0 Å². The first-order valence-electron chi connectivity index (χ1n) is 11.3. The van der Waals surface area contributed by atoms with Gasteiger partial charge < -0.3 is 11.3 Å². The molecule has 1 fully saturated rings. The second-order valence-electron chi connectivity index (χ2n) is 7.73. The predicted octanol–water partition coefficient (Wildman–Crippen LogP) is 7.27. The molecule has 1 heterocycles. The Morgan fingerprint density at radius 2 is 1.03 bits per heavy atom. The summed E-state index contributed by atoms with van der Waals surface area (Å²) >= 11 is 1.59. The van der Waals surface area contributed by atoms with Gasteiger partial charge in [0.2, 0.25) is 0 Å². The molecule has 0 amide bonds. The molecule has 5 radical (unpaired) electrons. The fourth-order valence-electron chi connectivity index (χ4n) is 3.68. The standard InChI is InChI=1S/C18H15P.C10H9.C4H3S.Ni/c1-4-10-16(11-5-1)19(17-12-6-2-7-13-17)18-14-8-3-9-15-18;1-8-6-9-4-2-3-5-10(9)7-8;1-2-4-5-3-1;/h1-15H;2-7H,1H3;1-3H;/q;;-1;+2. The van der Waals surface area contributed by atoms with Crippen molar-refractivity contribution < 1.29 is 16.5 Å². The summed E-state index contributed by atoms with van der Waals surface area (Å²) in [5, 5.41) is 9.08. The summed E-state index contributed by atoms with van der Waals surface area (Å²) in [6.45, 7) is 2.12. The van der Waals surface area contributed by atoms with Crippen LogP contribution in [-0.4, -0.2) is 0 Å². The Morgan fingerprint density at radius 3 is 1.34 bits per heavy atom. The minimum absolute atomic E-state index is 0. The second kappa shape index (κ2) is 15.0. The molecule has 0 unspecified atom stereocenters. The van der Waals surface area contributed by atoms with Crippen molar-refractivity contribution in [3.63, 3.8) is 0 Å². The van der Waals surface area contributed by atoms with Crippen molar-refractivity contribution in [3.05, 3.63) is 169 Å². The third-order valence-electron chi connectivity index (χ3n) is 5.18. The van der Waals surface area contributed by atoms with Crippen LogP contribution < -0.4 is 15.9 Å². The van der Waals surface area contributed by atoms with Crippen molar-refractivity contribution in [2.45, 2.75) is 6.92 Å². The fraction of sp³-hybridized carbons (Fsp3) is 0.0312. The van der Waals surface area contributed by atoms with Crippen LogP contribution in [0.4, 0.5) is 0 Å². The van der Waals surface area contributed by atoms with E-state index in [2.05, 4.69) is 140 Å². The first kappa shape index (κ1) is 27.4. The first-order chi connectivity index (χ1) is 16.8. The zero-order chi connectivity index (χ0) is 23.4. The molecular formula is C32H27NiPS+. The third-order valence-corrected chi connectivity index (χ3v) is 8.19. The molecule has 1 saturated carbocycles. The molecule has 0 bridgehead atoms. The summed E-state index contributed by atoms with van der Waals surface area (Å²) in [5.41, 5.74) is 0. The van der Waals surface area contributed by atoms with Gasteiger partial charge in [-0.15, -0.1) is 5.38 Å². The summed E-state index contributed by atoms with van der Waals surface area (Å²) in [5.74, 6) is 4.04. The summed E-state index contributed by atoms with van der Waals surface area (Å²) in [7, 11) is -0.446. The summed E-state index contributed by atoms with van der Waals surface area (Å²) in [4.78, 5) is 0. The minimum Gasteiger partial charge on any atom is -0.304 e. The Kier molecular flexibility index (Phi) is 11.7. The zero-order valence-corrected chi connectivity index (χ0v) is 22.2. The first-order valence-corrected chi connectivity index (χ1v) is 13.5.